The SMILES string of the molecule is N#Cc1ccc(NCCCC(F)(F)F)cc1. The van der Waals surface area contributed by atoms with Crippen molar-refractivity contribution in [1.82, 2.24) is 0 Å². The van der Waals surface area contributed by atoms with E-state index in [9.17, 15) is 13.2 Å². The van der Waals surface area contributed by atoms with Crippen LogP contribution in [0.5, 0.6) is 0 Å². The van der Waals surface area contributed by atoms with Crippen molar-refractivity contribution in [1.29, 1.82) is 5.26 Å². The zero-order valence-electron chi connectivity index (χ0n) is 8.51. The van der Waals surface area contributed by atoms with Crippen molar-refractivity contribution < 1.29 is 13.2 Å². The quantitative estimate of drug-likeness (QED) is 0.802. The van der Waals surface area contributed by atoms with Crippen molar-refractivity contribution in [3.8, 4) is 6.07 Å². The second-order valence-electron chi connectivity index (χ2n) is 3.33. The molecule has 0 saturated carbocycles. The highest BCUT2D eigenvalue weighted by molar-refractivity contribution is 5.46. The highest BCUT2D eigenvalue weighted by Gasteiger charge is 2.25. The van der Waals surface area contributed by atoms with E-state index in [0.29, 0.717) is 5.56 Å². The van der Waals surface area contributed by atoms with E-state index < -0.39 is 12.6 Å². The Labute approximate surface area is 91.7 Å². The molecule has 0 heterocycles. The molecule has 0 amide bonds. The average molecular weight is 228 g/mol. The summed E-state index contributed by atoms with van der Waals surface area (Å²) in [6.07, 6.45) is -4.83. The molecule has 0 radical (unpaired) electrons. The van der Waals surface area contributed by atoms with Gasteiger partial charge in [-0.15, -0.1) is 0 Å². The Balaban J connectivity index is 2.30. The number of benzene rings is 1. The third-order valence-corrected chi connectivity index (χ3v) is 1.98. The number of hydrogen-bond acceptors (Lipinski definition) is 2. The van der Waals surface area contributed by atoms with Crippen molar-refractivity contribution in [2.45, 2.75) is 19.0 Å². The fraction of sp³-hybridized carbons (Fsp3) is 0.364. The smallest absolute Gasteiger partial charge is 0.385 e. The molecule has 0 bridgehead atoms. The van der Waals surface area contributed by atoms with Gasteiger partial charge in [0.05, 0.1) is 11.6 Å². The van der Waals surface area contributed by atoms with Crippen LogP contribution in [0.25, 0.3) is 0 Å². The van der Waals surface area contributed by atoms with Gasteiger partial charge in [0.1, 0.15) is 0 Å². The van der Waals surface area contributed by atoms with Crippen LogP contribution in [0.2, 0.25) is 0 Å². The van der Waals surface area contributed by atoms with Gasteiger partial charge in [0, 0.05) is 18.7 Å². The van der Waals surface area contributed by atoms with Crippen LogP contribution in [-0.4, -0.2) is 12.7 Å². The molecule has 86 valence electrons. The molecule has 0 aliphatic rings. The molecule has 1 aromatic carbocycles. The zero-order chi connectivity index (χ0) is 12.0. The normalized spacial score (nSPS) is 10.9. The van der Waals surface area contributed by atoms with E-state index in [-0.39, 0.29) is 13.0 Å². The zero-order valence-corrected chi connectivity index (χ0v) is 8.51. The number of nitriles is 1. The van der Waals surface area contributed by atoms with Crippen LogP contribution in [0.1, 0.15) is 18.4 Å². The minimum Gasteiger partial charge on any atom is -0.385 e. The lowest BCUT2D eigenvalue weighted by Crippen LogP contribution is -2.10. The summed E-state index contributed by atoms with van der Waals surface area (Å²) in [6, 6.07) is 8.54. The summed E-state index contributed by atoms with van der Waals surface area (Å²) in [7, 11) is 0. The Kier molecular flexibility index (Phi) is 4.18. The molecule has 5 heteroatoms. The van der Waals surface area contributed by atoms with E-state index in [1.54, 1.807) is 24.3 Å². The average Bonchev–Trinajstić information content (AvgIpc) is 2.24. The van der Waals surface area contributed by atoms with Crippen LogP contribution in [0.4, 0.5) is 18.9 Å². The first kappa shape index (κ1) is 12.4. The standard InChI is InChI=1S/C11H11F3N2/c12-11(13,14)6-1-7-16-10-4-2-9(8-15)3-5-10/h2-5,16H,1,6-7H2. The molecule has 0 aliphatic heterocycles. The Morgan fingerprint density at radius 3 is 2.31 bits per heavy atom. The molecule has 1 rings (SSSR count). The van der Waals surface area contributed by atoms with Gasteiger partial charge in [0.25, 0.3) is 0 Å². The molecule has 0 saturated heterocycles. The molecule has 0 spiro atoms. The lowest BCUT2D eigenvalue weighted by Gasteiger charge is -2.08. The lowest BCUT2D eigenvalue weighted by molar-refractivity contribution is -0.134. The second kappa shape index (κ2) is 5.40. The van der Waals surface area contributed by atoms with E-state index in [2.05, 4.69) is 5.32 Å². The van der Waals surface area contributed by atoms with Gasteiger partial charge >= 0.3 is 6.18 Å². The number of rotatable bonds is 4. The maximum Gasteiger partial charge on any atom is 0.389 e. The van der Waals surface area contributed by atoms with Gasteiger partial charge in [0.2, 0.25) is 0 Å². The molecule has 0 aromatic heterocycles. The summed E-state index contributed by atoms with van der Waals surface area (Å²) in [5.74, 6) is 0. The maximum absolute atomic E-state index is 11.8. The lowest BCUT2D eigenvalue weighted by atomic mass is 10.2. The molecule has 0 aliphatic carbocycles. The van der Waals surface area contributed by atoms with Crippen molar-refractivity contribution in [3.63, 3.8) is 0 Å². The van der Waals surface area contributed by atoms with Gasteiger partial charge in [0.15, 0.2) is 0 Å². The van der Waals surface area contributed by atoms with E-state index in [0.717, 1.165) is 5.69 Å². The molecule has 2 nitrogen and oxygen atoms in total. The van der Waals surface area contributed by atoms with E-state index in [1.807, 2.05) is 6.07 Å². The largest absolute Gasteiger partial charge is 0.389 e. The summed E-state index contributed by atoms with van der Waals surface area (Å²) in [5, 5.41) is 11.4. The van der Waals surface area contributed by atoms with Crippen molar-refractivity contribution in [2.24, 2.45) is 0 Å². The van der Waals surface area contributed by atoms with Crippen LogP contribution < -0.4 is 5.32 Å². The Morgan fingerprint density at radius 1 is 1.19 bits per heavy atom. The molecule has 16 heavy (non-hydrogen) atoms. The monoisotopic (exact) mass is 228 g/mol. The Bertz CT molecular complexity index is 362. The predicted molar refractivity (Wildman–Crippen MR) is 54.9 cm³/mol. The van der Waals surface area contributed by atoms with Crippen molar-refractivity contribution >= 4 is 5.69 Å². The van der Waals surface area contributed by atoms with Gasteiger partial charge in [-0.25, -0.2) is 0 Å². The van der Waals surface area contributed by atoms with E-state index >= 15 is 0 Å². The summed E-state index contributed by atoms with van der Waals surface area (Å²) >= 11 is 0. The third kappa shape index (κ3) is 4.69. The fourth-order valence-electron chi connectivity index (χ4n) is 1.18. The molecule has 1 N–H and O–H groups in total. The summed E-state index contributed by atoms with van der Waals surface area (Å²) in [6.45, 7) is 0.269. The summed E-state index contributed by atoms with van der Waals surface area (Å²) in [5.41, 5.74) is 1.25. The fourth-order valence-corrected chi connectivity index (χ4v) is 1.18. The highest BCUT2D eigenvalue weighted by atomic mass is 19.4. The van der Waals surface area contributed by atoms with Crippen LogP contribution in [0.15, 0.2) is 24.3 Å². The number of halogens is 3. The van der Waals surface area contributed by atoms with E-state index in [4.69, 9.17) is 5.26 Å². The number of anilines is 1. The predicted octanol–water partition coefficient (Wildman–Crippen LogP) is 3.31. The molecule has 1 aromatic rings. The topological polar surface area (TPSA) is 35.8 Å². The third-order valence-electron chi connectivity index (χ3n) is 1.98. The number of alkyl halides is 3. The van der Waals surface area contributed by atoms with Gasteiger partial charge in [-0.2, -0.15) is 18.4 Å². The molecule has 0 atom stereocenters. The van der Waals surface area contributed by atoms with Crippen LogP contribution in [0, 0.1) is 11.3 Å². The molecule has 0 unspecified atom stereocenters. The van der Waals surface area contributed by atoms with E-state index in [1.165, 1.54) is 0 Å². The maximum atomic E-state index is 11.8. The first-order chi connectivity index (χ1) is 7.51. The molecular formula is C11H11F3N2. The first-order valence-electron chi connectivity index (χ1n) is 4.82. The van der Waals surface area contributed by atoms with Gasteiger partial charge in [-0.3, -0.25) is 0 Å². The highest BCUT2D eigenvalue weighted by Crippen LogP contribution is 2.21. The van der Waals surface area contributed by atoms with Crippen molar-refractivity contribution in [2.75, 3.05) is 11.9 Å². The molecular weight excluding hydrogens is 217 g/mol. The Hall–Kier alpha value is -1.70. The first-order valence-corrected chi connectivity index (χ1v) is 4.82. The van der Waals surface area contributed by atoms with Crippen LogP contribution in [0.3, 0.4) is 0 Å². The summed E-state index contributed by atoms with van der Waals surface area (Å²) in [4.78, 5) is 0. The molecule has 0 fully saturated rings. The van der Waals surface area contributed by atoms with Gasteiger partial charge in [-0.1, -0.05) is 0 Å². The van der Waals surface area contributed by atoms with Crippen molar-refractivity contribution in [3.05, 3.63) is 29.8 Å². The van der Waals surface area contributed by atoms with Crippen LogP contribution in [-0.2, 0) is 0 Å². The van der Waals surface area contributed by atoms with Crippen LogP contribution >= 0.6 is 0 Å². The second-order valence-corrected chi connectivity index (χ2v) is 3.33. The minimum absolute atomic E-state index is 0.0451. The van der Waals surface area contributed by atoms with Gasteiger partial charge < -0.3 is 5.32 Å². The number of hydrogen-bond donors (Lipinski definition) is 1. The van der Waals surface area contributed by atoms with Gasteiger partial charge in [-0.05, 0) is 30.7 Å². The summed E-state index contributed by atoms with van der Waals surface area (Å²) < 4.78 is 35.4. The number of nitrogens with one attached hydrogen (secondary N) is 1. The number of nitrogens with zero attached hydrogens (tertiary/aromatic N) is 1. The Morgan fingerprint density at radius 2 is 1.81 bits per heavy atom. The minimum atomic E-state index is -4.09.